The third kappa shape index (κ3) is 2.32. The van der Waals surface area contributed by atoms with Crippen LogP contribution in [-0.2, 0) is 4.79 Å². The second-order valence-corrected chi connectivity index (χ2v) is 2.67. The molecule has 0 radical (unpaired) electrons. The van der Waals surface area contributed by atoms with Crippen molar-refractivity contribution >= 4 is 18.0 Å². The average Bonchev–Trinajstić information content (AvgIpc) is 2.19. The van der Waals surface area contributed by atoms with Gasteiger partial charge in [0, 0.05) is 6.54 Å². The molecule has 0 aliphatic carbocycles. The lowest BCUT2D eigenvalue weighted by Crippen LogP contribution is -2.23. The number of benzene rings is 1. The fourth-order valence-corrected chi connectivity index (χ4v) is 1.13. The van der Waals surface area contributed by atoms with E-state index in [2.05, 4.69) is 10.6 Å². The molecular weight excluding hydrogens is 180 g/mol. The molecule has 14 heavy (non-hydrogen) atoms. The SMILES string of the molecule is CCNC(=O)c1ccccc1NC=O. The van der Waals surface area contributed by atoms with Crippen molar-refractivity contribution < 1.29 is 9.59 Å². The van der Waals surface area contributed by atoms with Crippen LogP contribution in [0.5, 0.6) is 0 Å². The molecular formula is C10H12N2O2. The van der Waals surface area contributed by atoms with Gasteiger partial charge in [0.25, 0.3) is 5.91 Å². The molecule has 0 aromatic heterocycles. The Labute approximate surface area is 82.3 Å². The molecule has 0 aliphatic heterocycles. The van der Waals surface area contributed by atoms with E-state index in [0.717, 1.165) is 0 Å². The van der Waals surface area contributed by atoms with E-state index in [1.165, 1.54) is 0 Å². The number of anilines is 1. The van der Waals surface area contributed by atoms with Crippen LogP contribution in [0.15, 0.2) is 24.3 Å². The topological polar surface area (TPSA) is 58.2 Å². The third-order valence-corrected chi connectivity index (χ3v) is 1.72. The van der Waals surface area contributed by atoms with Crippen LogP contribution in [0.1, 0.15) is 17.3 Å². The van der Waals surface area contributed by atoms with Gasteiger partial charge in [0.05, 0.1) is 11.3 Å². The highest BCUT2D eigenvalue weighted by atomic mass is 16.1. The summed E-state index contributed by atoms with van der Waals surface area (Å²) < 4.78 is 0. The van der Waals surface area contributed by atoms with Gasteiger partial charge in [0.15, 0.2) is 0 Å². The van der Waals surface area contributed by atoms with E-state index in [9.17, 15) is 9.59 Å². The number of para-hydroxylation sites is 1. The van der Waals surface area contributed by atoms with Crippen molar-refractivity contribution in [3.8, 4) is 0 Å². The summed E-state index contributed by atoms with van der Waals surface area (Å²) in [5, 5.41) is 5.14. The lowest BCUT2D eigenvalue weighted by molar-refractivity contribution is -0.105. The first-order chi connectivity index (χ1) is 6.79. The number of nitrogens with one attached hydrogen (secondary N) is 2. The number of carbonyl (C=O) groups excluding carboxylic acids is 2. The minimum atomic E-state index is -0.183. The summed E-state index contributed by atoms with van der Waals surface area (Å²) in [4.78, 5) is 21.7. The molecule has 2 amide bonds. The Hall–Kier alpha value is -1.84. The summed E-state index contributed by atoms with van der Waals surface area (Å²) in [5.41, 5.74) is 0.995. The predicted molar refractivity (Wildman–Crippen MR) is 54.1 cm³/mol. The van der Waals surface area contributed by atoms with Gasteiger partial charge >= 0.3 is 0 Å². The fourth-order valence-electron chi connectivity index (χ4n) is 1.13. The molecule has 4 heteroatoms. The highest BCUT2D eigenvalue weighted by Gasteiger charge is 2.08. The molecule has 4 nitrogen and oxygen atoms in total. The Bertz CT molecular complexity index is 337. The van der Waals surface area contributed by atoms with Gasteiger partial charge in [-0.25, -0.2) is 0 Å². The van der Waals surface area contributed by atoms with E-state index in [-0.39, 0.29) is 5.91 Å². The van der Waals surface area contributed by atoms with Crippen molar-refractivity contribution in [3.63, 3.8) is 0 Å². The van der Waals surface area contributed by atoms with E-state index in [0.29, 0.717) is 24.2 Å². The molecule has 0 aliphatic rings. The molecule has 0 saturated carbocycles. The number of hydrogen-bond donors (Lipinski definition) is 2. The minimum Gasteiger partial charge on any atom is -0.352 e. The largest absolute Gasteiger partial charge is 0.352 e. The van der Waals surface area contributed by atoms with Crippen molar-refractivity contribution in [3.05, 3.63) is 29.8 Å². The van der Waals surface area contributed by atoms with Gasteiger partial charge < -0.3 is 10.6 Å². The fraction of sp³-hybridized carbons (Fsp3) is 0.200. The van der Waals surface area contributed by atoms with Crippen LogP contribution in [0.3, 0.4) is 0 Å². The van der Waals surface area contributed by atoms with Crippen LogP contribution in [0.4, 0.5) is 5.69 Å². The maximum atomic E-state index is 11.5. The maximum absolute atomic E-state index is 11.5. The monoisotopic (exact) mass is 192 g/mol. The Morgan fingerprint density at radius 3 is 2.79 bits per heavy atom. The van der Waals surface area contributed by atoms with Gasteiger partial charge in [-0.1, -0.05) is 12.1 Å². The van der Waals surface area contributed by atoms with Gasteiger partial charge in [-0.05, 0) is 19.1 Å². The van der Waals surface area contributed by atoms with Crippen LogP contribution in [0.25, 0.3) is 0 Å². The smallest absolute Gasteiger partial charge is 0.253 e. The lowest BCUT2D eigenvalue weighted by Gasteiger charge is -2.06. The highest BCUT2D eigenvalue weighted by molar-refractivity contribution is 6.01. The molecule has 2 N–H and O–H groups in total. The molecule has 0 spiro atoms. The first-order valence-electron chi connectivity index (χ1n) is 4.37. The number of hydrogen-bond acceptors (Lipinski definition) is 2. The standard InChI is InChI=1S/C10H12N2O2/c1-2-11-10(14)8-5-3-4-6-9(8)12-7-13/h3-7H,2H2,1H3,(H,11,14)(H,12,13). The Kier molecular flexibility index (Phi) is 3.67. The van der Waals surface area contributed by atoms with Crippen LogP contribution >= 0.6 is 0 Å². The van der Waals surface area contributed by atoms with E-state index in [1.54, 1.807) is 24.3 Å². The first kappa shape index (κ1) is 10.2. The zero-order valence-electron chi connectivity index (χ0n) is 7.91. The van der Waals surface area contributed by atoms with Crippen molar-refractivity contribution in [2.75, 3.05) is 11.9 Å². The number of carbonyl (C=O) groups is 2. The first-order valence-corrected chi connectivity index (χ1v) is 4.37. The molecule has 0 unspecified atom stereocenters. The van der Waals surface area contributed by atoms with Crippen molar-refractivity contribution in [2.24, 2.45) is 0 Å². The van der Waals surface area contributed by atoms with E-state index >= 15 is 0 Å². The normalized spacial score (nSPS) is 9.21. The quantitative estimate of drug-likeness (QED) is 0.699. The molecule has 1 aromatic rings. The second-order valence-electron chi connectivity index (χ2n) is 2.67. The summed E-state index contributed by atoms with van der Waals surface area (Å²) in [6.07, 6.45) is 0.554. The Morgan fingerprint density at radius 2 is 2.14 bits per heavy atom. The van der Waals surface area contributed by atoms with Gasteiger partial charge in [-0.3, -0.25) is 9.59 Å². The minimum absolute atomic E-state index is 0.183. The summed E-state index contributed by atoms with van der Waals surface area (Å²) in [6, 6.07) is 6.85. The van der Waals surface area contributed by atoms with Crippen LogP contribution in [-0.4, -0.2) is 18.9 Å². The Balaban J connectivity index is 2.93. The van der Waals surface area contributed by atoms with Gasteiger partial charge in [-0.2, -0.15) is 0 Å². The predicted octanol–water partition coefficient (Wildman–Crippen LogP) is 1.00. The second kappa shape index (κ2) is 5.01. The Morgan fingerprint density at radius 1 is 1.43 bits per heavy atom. The van der Waals surface area contributed by atoms with Crippen molar-refractivity contribution in [1.82, 2.24) is 5.32 Å². The zero-order valence-corrected chi connectivity index (χ0v) is 7.91. The third-order valence-electron chi connectivity index (χ3n) is 1.72. The van der Waals surface area contributed by atoms with Gasteiger partial charge in [-0.15, -0.1) is 0 Å². The molecule has 1 aromatic carbocycles. The van der Waals surface area contributed by atoms with Crippen LogP contribution < -0.4 is 10.6 Å². The van der Waals surface area contributed by atoms with Crippen molar-refractivity contribution in [1.29, 1.82) is 0 Å². The average molecular weight is 192 g/mol. The molecule has 0 atom stereocenters. The molecule has 0 saturated heterocycles. The van der Waals surface area contributed by atoms with Crippen LogP contribution in [0, 0.1) is 0 Å². The molecule has 0 bridgehead atoms. The maximum Gasteiger partial charge on any atom is 0.253 e. The zero-order chi connectivity index (χ0) is 10.4. The van der Waals surface area contributed by atoms with E-state index < -0.39 is 0 Å². The van der Waals surface area contributed by atoms with Crippen molar-refractivity contribution in [2.45, 2.75) is 6.92 Å². The van der Waals surface area contributed by atoms with Crippen LogP contribution in [0.2, 0.25) is 0 Å². The highest BCUT2D eigenvalue weighted by Crippen LogP contribution is 2.13. The van der Waals surface area contributed by atoms with Gasteiger partial charge in [0.2, 0.25) is 6.41 Å². The van der Waals surface area contributed by atoms with Gasteiger partial charge in [0.1, 0.15) is 0 Å². The molecule has 1 rings (SSSR count). The summed E-state index contributed by atoms with van der Waals surface area (Å²) in [5.74, 6) is -0.183. The molecule has 0 fully saturated rings. The van der Waals surface area contributed by atoms with E-state index in [1.807, 2.05) is 6.92 Å². The number of rotatable bonds is 4. The number of amides is 2. The molecule has 0 heterocycles. The summed E-state index contributed by atoms with van der Waals surface area (Å²) in [7, 11) is 0. The summed E-state index contributed by atoms with van der Waals surface area (Å²) >= 11 is 0. The van der Waals surface area contributed by atoms with E-state index in [4.69, 9.17) is 0 Å². The molecule has 74 valence electrons. The lowest BCUT2D eigenvalue weighted by atomic mass is 10.1. The summed E-state index contributed by atoms with van der Waals surface area (Å²) in [6.45, 7) is 2.40.